The van der Waals surface area contributed by atoms with E-state index in [-0.39, 0.29) is 17.7 Å². The Hall–Kier alpha value is -1.57. The lowest BCUT2D eigenvalue weighted by Crippen LogP contribution is -2.44. The van der Waals surface area contributed by atoms with Crippen molar-refractivity contribution < 1.29 is 23.4 Å². The molecular weight excluding hydrogens is 294 g/mol. The van der Waals surface area contributed by atoms with E-state index in [4.69, 9.17) is 4.74 Å². The minimum atomic E-state index is -0.914. The molecule has 1 aliphatic rings. The molecule has 0 saturated carbocycles. The van der Waals surface area contributed by atoms with Crippen molar-refractivity contribution in [3.63, 3.8) is 0 Å². The van der Waals surface area contributed by atoms with Gasteiger partial charge in [-0.15, -0.1) is 0 Å². The van der Waals surface area contributed by atoms with Crippen molar-refractivity contribution in [2.24, 2.45) is 0 Å². The SMILES string of the molecule is Cc1cc(C(=O)NCC(O)CN2CCOCC2)c(F)cc1F. The van der Waals surface area contributed by atoms with Gasteiger partial charge in [-0.2, -0.15) is 0 Å². The van der Waals surface area contributed by atoms with Crippen LogP contribution in [-0.4, -0.2) is 61.4 Å². The first kappa shape index (κ1) is 16.8. The average molecular weight is 314 g/mol. The molecule has 0 aliphatic carbocycles. The molecule has 1 atom stereocenters. The maximum atomic E-state index is 13.6. The van der Waals surface area contributed by atoms with Gasteiger partial charge in [-0.1, -0.05) is 0 Å². The summed E-state index contributed by atoms with van der Waals surface area (Å²) >= 11 is 0. The van der Waals surface area contributed by atoms with Crippen LogP contribution in [0.1, 0.15) is 15.9 Å². The summed E-state index contributed by atoms with van der Waals surface area (Å²) in [5, 5.41) is 12.4. The molecule has 122 valence electrons. The molecule has 0 aromatic heterocycles. The molecule has 1 fully saturated rings. The van der Waals surface area contributed by atoms with Gasteiger partial charge >= 0.3 is 0 Å². The largest absolute Gasteiger partial charge is 0.390 e. The van der Waals surface area contributed by atoms with Crippen LogP contribution >= 0.6 is 0 Å². The summed E-state index contributed by atoms with van der Waals surface area (Å²) < 4.78 is 32.0. The highest BCUT2D eigenvalue weighted by atomic mass is 19.1. The maximum Gasteiger partial charge on any atom is 0.254 e. The molecule has 2 N–H and O–H groups in total. The van der Waals surface area contributed by atoms with Gasteiger partial charge in [0.2, 0.25) is 0 Å². The Morgan fingerprint density at radius 3 is 2.73 bits per heavy atom. The van der Waals surface area contributed by atoms with Crippen LogP contribution in [0.5, 0.6) is 0 Å². The quantitative estimate of drug-likeness (QED) is 0.840. The summed E-state index contributed by atoms with van der Waals surface area (Å²) in [6, 6.07) is 1.85. The van der Waals surface area contributed by atoms with Gasteiger partial charge < -0.3 is 15.2 Å². The van der Waals surface area contributed by atoms with Crippen LogP contribution < -0.4 is 5.32 Å². The number of morpholine rings is 1. The molecule has 0 bridgehead atoms. The van der Waals surface area contributed by atoms with E-state index >= 15 is 0 Å². The molecule has 1 heterocycles. The number of benzene rings is 1. The highest BCUT2D eigenvalue weighted by molar-refractivity contribution is 5.94. The topological polar surface area (TPSA) is 61.8 Å². The summed E-state index contributed by atoms with van der Waals surface area (Å²) in [5.74, 6) is -2.27. The third kappa shape index (κ3) is 4.46. The Balaban J connectivity index is 1.85. The van der Waals surface area contributed by atoms with Crippen molar-refractivity contribution in [1.82, 2.24) is 10.2 Å². The maximum absolute atomic E-state index is 13.6. The Morgan fingerprint density at radius 2 is 2.05 bits per heavy atom. The number of aryl methyl sites for hydroxylation is 1. The van der Waals surface area contributed by atoms with Crippen molar-refractivity contribution in [2.45, 2.75) is 13.0 Å². The second-order valence-corrected chi connectivity index (χ2v) is 5.36. The van der Waals surface area contributed by atoms with Crippen LogP contribution in [0.15, 0.2) is 12.1 Å². The number of halogens is 2. The van der Waals surface area contributed by atoms with Gasteiger partial charge in [0.25, 0.3) is 5.91 Å². The molecule has 1 aromatic rings. The van der Waals surface area contributed by atoms with Gasteiger partial charge in [0.15, 0.2) is 0 Å². The zero-order valence-electron chi connectivity index (χ0n) is 12.4. The zero-order valence-corrected chi connectivity index (χ0v) is 12.4. The van der Waals surface area contributed by atoms with E-state index in [1.54, 1.807) is 0 Å². The molecule has 0 radical (unpaired) electrons. The molecule has 22 heavy (non-hydrogen) atoms. The number of nitrogens with zero attached hydrogens (tertiary/aromatic N) is 1. The number of nitrogens with one attached hydrogen (secondary N) is 1. The van der Waals surface area contributed by atoms with E-state index in [0.29, 0.717) is 25.8 Å². The second-order valence-electron chi connectivity index (χ2n) is 5.36. The first-order valence-corrected chi connectivity index (χ1v) is 7.19. The van der Waals surface area contributed by atoms with Crippen LogP contribution in [-0.2, 0) is 4.74 Å². The van der Waals surface area contributed by atoms with Gasteiger partial charge in [0.1, 0.15) is 11.6 Å². The number of aliphatic hydroxyl groups excluding tert-OH is 1. The van der Waals surface area contributed by atoms with Gasteiger partial charge in [0, 0.05) is 32.2 Å². The Morgan fingerprint density at radius 1 is 1.36 bits per heavy atom. The summed E-state index contributed by atoms with van der Waals surface area (Å²) in [7, 11) is 0. The number of β-amino-alcohol motifs (C(OH)–C–C–N with tert-alkyl or cyclic N) is 1. The van der Waals surface area contributed by atoms with Gasteiger partial charge in [-0.05, 0) is 18.6 Å². The average Bonchev–Trinajstić information content (AvgIpc) is 2.49. The van der Waals surface area contributed by atoms with E-state index in [9.17, 15) is 18.7 Å². The standard InChI is InChI=1S/C15H20F2N2O3/c1-10-6-12(14(17)7-13(10)16)15(21)18-8-11(20)9-19-2-4-22-5-3-19/h6-7,11,20H,2-5,8-9H2,1H3,(H,18,21). The Bertz CT molecular complexity index is 534. The fraction of sp³-hybridized carbons (Fsp3) is 0.533. The number of rotatable bonds is 5. The lowest BCUT2D eigenvalue weighted by Gasteiger charge is -2.28. The number of carbonyl (C=O) groups is 1. The minimum absolute atomic E-state index is 0.00601. The van der Waals surface area contributed by atoms with E-state index in [1.807, 2.05) is 4.90 Å². The van der Waals surface area contributed by atoms with Crippen LogP contribution in [0.25, 0.3) is 0 Å². The van der Waals surface area contributed by atoms with Crippen molar-refractivity contribution in [1.29, 1.82) is 0 Å². The minimum Gasteiger partial charge on any atom is -0.390 e. The fourth-order valence-electron chi connectivity index (χ4n) is 2.28. The highest BCUT2D eigenvalue weighted by Crippen LogP contribution is 2.14. The number of ether oxygens (including phenoxy) is 1. The van der Waals surface area contributed by atoms with Gasteiger partial charge in [-0.25, -0.2) is 8.78 Å². The first-order valence-electron chi connectivity index (χ1n) is 7.19. The normalized spacial score (nSPS) is 17.3. The highest BCUT2D eigenvalue weighted by Gasteiger charge is 2.18. The van der Waals surface area contributed by atoms with Crippen molar-refractivity contribution in [3.8, 4) is 0 Å². The van der Waals surface area contributed by atoms with E-state index in [0.717, 1.165) is 19.2 Å². The van der Waals surface area contributed by atoms with Gasteiger partial charge in [0.05, 0.1) is 24.9 Å². The molecule has 2 rings (SSSR count). The lowest BCUT2D eigenvalue weighted by atomic mass is 10.1. The predicted octanol–water partition coefficient (Wildman–Crippen LogP) is 0.696. The number of carbonyl (C=O) groups excluding carboxylic acids is 1. The van der Waals surface area contributed by atoms with Crippen LogP contribution in [0.4, 0.5) is 8.78 Å². The summed E-state index contributed by atoms with van der Waals surface area (Å²) in [5.41, 5.74) is -0.0297. The summed E-state index contributed by atoms with van der Waals surface area (Å²) in [6.45, 7) is 4.59. The van der Waals surface area contributed by atoms with Crippen molar-refractivity contribution >= 4 is 5.91 Å². The smallest absolute Gasteiger partial charge is 0.254 e. The van der Waals surface area contributed by atoms with Crippen LogP contribution in [0.3, 0.4) is 0 Å². The molecule has 1 aromatic carbocycles. The zero-order chi connectivity index (χ0) is 16.1. The van der Waals surface area contributed by atoms with E-state index < -0.39 is 23.6 Å². The van der Waals surface area contributed by atoms with E-state index in [2.05, 4.69) is 5.32 Å². The molecule has 1 amide bonds. The number of hydrogen-bond donors (Lipinski definition) is 2. The van der Waals surface area contributed by atoms with Crippen LogP contribution in [0, 0.1) is 18.6 Å². The number of aliphatic hydroxyl groups is 1. The fourth-order valence-corrected chi connectivity index (χ4v) is 2.28. The third-order valence-corrected chi connectivity index (χ3v) is 3.56. The Kier molecular flexibility index (Phi) is 5.82. The number of amides is 1. The molecule has 5 nitrogen and oxygen atoms in total. The lowest BCUT2D eigenvalue weighted by molar-refractivity contribution is 0.0149. The third-order valence-electron chi connectivity index (χ3n) is 3.56. The van der Waals surface area contributed by atoms with Crippen molar-refractivity contribution in [3.05, 3.63) is 34.9 Å². The molecule has 1 saturated heterocycles. The molecular formula is C15H20F2N2O3. The summed E-state index contributed by atoms with van der Waals surface area (Å²) in [4.78, 5) is 13.9. The predicted molar refractivity (Wildman–Crippen MR) is 76.7 cm³/mol. The molecule has 7 heteroatoms. The van der Waals surface area contributed by atoms with Crippen molar-refractivity contribution in [2.75, 3.05) is 39.4 Å². The molecule has 1 unspecified atom stereocenters. The van der Waals surface area contributed by atoms with Crippen LogP contribution in [0.2, 0.25) is 0 Å². The second kappa shape index (κ2) is 7.62. The molecule has 1 aliphatic heterocycles. The molecule has 0 spiro atoms. The first-order chi connectivity index (χ1) is 10.5. The monoisotopic (exact) mass is 314 g/mol. The summed E-state index contributed by atoms with van der Waals surface area (Å²) in [6.07, 6.45) is -0.758. The van der Waals surface area contributed by atoms with E-state index in [1.165, 1.54) is 6.92 Å². The van der Waals surface area contributed by atoms with Gasteiger partial charge in [-0.3, -0.25) is 9.69 Å². The Labute approximate surface area is 127 Å². The number of hydrogen-bond acceptors (Lipinski definition) is 4.